The van der Waals surface area contributed by atoms with Gasteiger partial charge in [-0.25, -0.2) is 0 Å². The molecule has 1 heterocycles. The first-order valence-corrected chi connectivity index (χ1v) is 6.18. The molecular formula is C12H25N3. The fraction of sp³-hybridized carbons (Fsp3) is 1.00. The second kappa shape index (κ2) is 4.40. The molecule has 1 saturated heterocycles. The average Bonchev–Trinajstić information content (AvgIpc) is 2.49. The number of likely N-dealkylation sites (tertiary alicyclic amines) is 1. The summed E-state index contributed by atoms with van der Waals surface area (Å²) in [4.78, 5) is 4.89. The highest BCUT2D eigenvalue weighted by Gasteiger charge is 2.40. The molecule has 0 bridgehead atoms. The Morgan fingerprint density at radius 2 is 1.93 bits per heavy atom. The molecule has 2 atom stereocenters. The lowest BCUT2D eigenvalue weighted by Crippen LogP contribution is -2.51. The summed E-state index contributed by atoms with van der Waals surface area (Å²) in [7, 11) is 6.69. The molecule has 0 aromatic heterocycles. The van der Waals surface area contributed by atoms with Crippen LogP contribution in [0.25, 0.3) is 0 Å². The zero-order valence-electron chi connectivity index (χ0n) is 10.3. The minimum absolute atomic E-state index is 0.483. The normalized spacial score (nSPS) is 39.4. The third-order valence-corrected chi connectivity index (χ3v) is 4.20. The van der Waals surface area contributed by atoms with E-state index in [4.69, 9.17) is 5.73 Å². The van der Waals surface area contributed by atoms with Gasteiger partial charge in [-0.2, -0.15) is 0 Å². The fourth-order valence-corrected chi connectivity index (χ4v) is 3.46. The summed E-state index contributed by atoms with van der Waals surface area (Å²) in [5.74, 6) is 1.72. The minimum atomic E-state index is 0.483. The number of rotatable bonds is 3. The molecule has 2 fully saturated rings. The molecule has 15 heavy (non-hydrogen) atoms. The molecule has 2 aliphatic rings. The highest BCUT2D eigenvalue weighted by molar-refractivity contribution is 4.95. The Morgan fingerprint density at radius 3 is 2.33 bits per heavy atom. The van der Waals surface area contributed by atoms with Crippen LogP contribution in [0.5, 0.6) is 0 Å². The average molecular weight is 211 g/mol. The first kappa shape index (κ1) is 11.4. The summed E-state index contributed by atoms with van der Waals surface area (Å²) in [5.41, 5.74) is 5.90. The van der Waals surface area contributed by atoms with Gasteiger partial charge in [0.15, 0.2) is 0 Å². The number of hydrogen-bond acceptors (Lipinski definition) is 3. The zero-order chi connectivity index (χ0) is 11.0. The van der Waals surface area contributed by atoms with Crippen molar-refractivity contribution in [3.05, 3.63) is 0 Å². The lowest BCUT2D eigenvalue weighted by Gasteiger charge is -2.44. The Morgan fingerprint density at radius 1 is 1.27 bits per heavy atom. The molecule has 2 unspecified atom stereocenters. The van der Waals surface area contributed by atoms with Crippen LogP contribution >= 0.6 is 0 Å². The maximum absolute atomic E-state index is 5.90. The van der Waals surface area contributed by atoms with E-state index in [9.17, 15) is 0 Å². The predicted molar refractivity (Wildman–Crippen MR) is 63.8 cm³/mol. The van der Waals surface area contributed by atoms with Crippen molar-refractivity contribution < 1.29 is 0 Å². The van der Waals surface area contributed by atoms with E-state index in [1.165, 1.54) is 32.4 Å². The molecule has 0 spiro atoms. The van der Waals surface area contributed by atoms with Crippen molar-refractivity contribution in [2.45, 2.75) is 31.3 Å². The van der Waals surface area contributed by atoms with E-state index in [-0.39, 0.29) is 0 Å². The molecule has 2 N–H and O–H groups in total. The van der Waals surface area contributed by atoms with Gasteiger partial charge in [-0.15, -0.1) is 0 Å². The van der Waals surface area contributed by atoms with Crippen LogP contribution in [0, 0.1) is 11.8 Å². The van der Waals surface area contributed by atoms with Gasteiger partial charge >= 0.3 is 0 Å². The Bertz CT molecular complexity index is 211. The van der Waals surface area contributed by atoms with Crippen LogP contribution in [0.3, 0.4) is 0 Å². The SMILES string of the molecule is CN1CCC(C(C2CC(N)C2)N(C)C)C1. The second-order valence-electron chi connectivity index (χ2n) is 5.76. The number of hydrogen-bond donors (Lipinski definition) is 1. The number of nitrogens with two attached hydrogens (primary N) is 1. The van der Waals surface area contributed by atoms with E-state index in [0.717, 1.165) is 17.9 Å². The van der Waals surface area contributed by atoms with Gasteiger partial charge in [0.1, 0.15) is 0 Å². The predicted octanol–water partition coefficient (Wildman–Crippen LogP) is 0.606. The Hall–Kier alpha value is -0.120. The lowest BCUT2D eigenvalue weighted by molar-refractivity contribution is 0.0793. The van der Waals surface area contributed by atoms with Gasteiger partial charge < -0.3 is 15.5 Å². The van der Waals surface area contributed by atoms with Crippen LogP contribution < -0.4 is 5.73 Å². The van der Waals surface area contributed by atoms with Gasteiger partial charge in [0.05, 0.1) is 0 Å². The Kier molecular flexibility index (Phi) is 3.33. The van der Waals surface area contributed by atoms with Gasteiger partial charge in [0.25, 0.3) is 0 Å². The molecular weight excluding hydrogens is 186 g/mol. The fourth-order valence-electron chi connectivity index (χ4n) is 3.46. The molecule has 1 aliphatic carbocycles. The van der Waals surface area contributed by atoms with Crippen molar-refractivity contribution in [3.63, 3.8) is 0 Å². The van der Waals surface area contributed by atoms with Crippen molar-refractivity contribution in [2.75, 3.05) is 34.2 Å². The Labute approximate surface area is 93.6 Å². The first-order valence-electron chi connectivity index (χ1n) is 6.18. The summed E-state index contributed by atoms with van der Waals surface area (Å²) in [5, 5.41) is 0. The highest BCUT2D eigenvalue weighted by Crippen LogP contribution is 2.37. The second-order valence-corrected chi connectivity index (χ2v) is 5.76. The maximum Gasteiger partial charge on any atom is 0.0159 e. The molecule has 0 aromatic rings. The third-order valence-electron chi connectivity index (χ3n) is 4.20. The van der Waals surface area contributed by atoms with Gasteiger partial charge in [-0.3, -0.25) is 0 Å². The molecule has 1 aliphatic heterocycles. The summed E-state index contributed by atoms with van der Waals surface area (Å²) >= 11 is 0. The summed E-state index contributed by atoms with van der Waals surface area (Å²) in [6, 6.07) is 1.24. The van der Waals surface area contributed by atoms with Crippen LogP contribution in [0.2, 0.25) is 0 Å². The molecule has 0 amide bonds. The van der Waals surface area contributed by atoms with E-state index in [1.807, 2.05) is 0 Å². The molecule has 88 valence electrons. The molecule has 1 saturated carbocycles. The summed E-state index contributed by atoms with van der Waals surface area (Å²) < 4.78 is 0. The van der Waals surface area contributed by atoms with Crippen LogP contribution in [-0.2, 0) is 0 Å². The quantitative estimate of drug-likeness (QED) is 0.742. The third kappa shape index (κ3) is 2.35. The summed E-state index contributed by atoms with van der Waals surface area (Å²) in [6.45, 7) is 2.54. The van der Waals surface area contributed by atoms with Crippen molar-refractivity contribution in [2.24, 2.45) is 17.6 Å². The smallest absolute Gasteiger partial charge is 0.0159 e. The van der Waals surface area contributed by atoms with Gasteiger partial charge in [0.2, 0.25) is 0 Å². The topological polar surface area (TPSA) is 32.5 Å². The number of nitrogens with zero attached hydrogens (tertiary/aromatic N) is 2. The van der Waals surface area contributed by atoms with Crippen molar-refractivity contribution in [1.29, 1.82) is 0 Å². The summed E-state index contributed by atoms with van der Waals surface area (Å²) in [6.07, 6.45) is 3.84. The first-order chi connectivity index (χ1) is 7.08. The monoisotopic (exact) mass is 211 g/mol. The lowest BCUT2D eigenvalue weighted by atomic mass is 9.71. The van der Waals surface area contributed by atoms with Crippen molar-refractivity contribution >= 4 is 0 Å². The van der Waals surface area contributed by atoms with Crippen LogP contribution in [0.1, 0.15) is 19.3 Å². The maximum atomic E-state index is 5.90. The largest absolute Gasteiger partial charge is 0.328 e. The Balaban J connectivity index is 1.94. The van der Waals surface area contributed by atoms with Crippen LogP contribution in [0.15, 0.2) is 0 Å². The molecule has 0 aromatic carbocycles. The van der Waals surface area contributed by atoms with Gasteiger partial charge in [0, 0.05) is 18.6 Å². The van der Waals surface area contributed by atoms with E-state index >= 15 is 0 Å². The van der Waals surface area contributed by atoms with E-state index in [2.05, 4.69) is 30.9 Å². The molecule has 2 rings (SSSR count). The standard InChI is InChI=1S/C12H25N3/c1-14(2)12(10-6-11(13)7-10)9-4-5-15(3)8-9/h9-12H,4-8,13H2,1-3H3. The van der Waals surface area contributed by atoms with E-state index in [1.54, 1.807) is 0 Å². The highest BCUT2D eigenvalue weighted by atomic mass is 15.2. The van der Waals surface area contributed by atoms with Gasteiger partial charge in [-0.1, -0.05) is 0 Å². The zero-order valence-corrected chi connectivity index (χ0v) is 10.3. The van der Waals surface area contributed by atoms with E-state index in [0.29, 0.717) is 6.04 Å². The van der Waals surface area contributed by atoms with Crippen molar-refractivity contribution in [3.8, 4) is 0 Å². The van der Waals surface area contributed by atoms with Crippen molar-refractivity contribution in [1.82, 2.24) is 9.80 Å². The molecule has 3 nitrogen and oxygen atoms in total. The van der Waals surface area contributed by atoms with Gasteiger partial charge in [-0.05, 0) is 58.8 Å². The van der Waals surface area contributed by atoms with Crippen LogP contribution in [0.4, 0.5) is 0 Å². The van der Waals surface area contributed by atoms with Crippen LogP contribution in [-0.4, -0.2) is 56.1 Å². The van der Waals surface area contributed by atoms with E-state index < -0.39 is 0 Å². The minimum Gasteiger partial charge on any atom is -0.328 e. The molecule has 3 heteroatoms. The molecule has 0 radical (unpaired) electrons.